The van der Waals surface area contributed by atoms with Crippen LogP contribution in [0.2, 0.25) is 0 Å². The first-order valence-corrected chi connectivity index (χ1v) is 11.6. The summed E-state index contributed by atoms with van der Waals surface area (Å²) in [5.41, 5.74) is 0.589. The number of carbonyl (C=O) groups is 5. The maximum Gasteiger partial charge on any atom is 0.309 e. The highest BCUT2D eigenvalue weighted by atomic mass is 16.7. The van der Waals surface area contributed by atoms with E-state index in [0.717, 1.165) is 20.8 Å². The molecule has 0 amide bonds. The van der Waals surface area contributed by atoms with E-state index in [1.165, 1.54) is 13.2 Å². The quantitative estimate of drug-likeness (QED) is 0.235. The maximum absolute atomic E-state index is 12.0. The van der Waals surface area contributed by atoms with E-state index < -0.39 is 66.8 Å². The van der Waals surface area contributed by atoms with Crippen LogP contribution in [0.5, 0.6) is 0 Å². The van der Waals surface area contributed by atoms with E-state index >= 15 is 0 Å². The topological polar surface area (TPSA) is 159 Å². The van der Waals surface area contributed by atoms with Gasteiger partial charge >= 0.3 is 29.8 Å². The summed E-state index contributed by atoms with van der Waals surface area (Å²) in [6, 6.07) is 0. The molecule has 2 saturated heterocycles. The molecule has 3 heterocycles. The Hall–Kier alpha value is -3.45. The number of hydrogen-bond donors (Lipinski definition) is 0. The molecular formula is C24H30O13. The van der Waals surface area contributed by atoms with Crippen LogP contribution in [0.4, 0.5) is 0 Å². The first kappa shape index (κ1) is 28.1. The highest BCUT2D eigenvalue weighted by Gasteiger charge is 2.53. The SMILES string of the molecule is C=C[C@H]1[C@@H]2OC=C(CO[C@@H]3O[C@H](COC(C)=O)[C@@H](OC(C)=O)[C@H](OC(C)=O)[C@H]3OC(C)=O)[C@H]1CC(=O)O2. The minimum atomic E-state index is -1.36. The lowest BCUT2D eigenvalue weighted by Crippen LogP contribution is -2.63. The Kier molecular flexibility index (Phi) is 9.27. The van der Waals surface area contributed by atoms with E-state index in [1.54, 1.807) is 6.08 Å². The summed E-state index contributed by atoms with van der Waals surface area (Å²) in [4.78, 5) is 59.1. The number of carbonyl (C=O) groups excluding carboxylic acids is 5. The minimum absolute atomic E-state index is 0.0737. The molecular weight excluding hydrogens is 496 g/mol. The molecule has 0 aromatic heterocycles. The van der Waals surface area contributed by atoms with Crippen molar-refractivity contribution in [2.45, 2.75) is 71.1 Å². The molecule has 0 spiro atoms. The van der Waals surface area contributed by atoms with Crippen LogP contribution in [0.15, 0.2) is 24.5 Å². The molecule has 0 aromatic rings. The van der Waals surface area contributed by atoms with Crippen molar-refractivity contribution in [2.24, 2.45) is 11.8 Å². The second-order valence-electron chi connectivity index (χ2n) is 8.69. The van der Waals surface area contributed by atoms with Gasteiger partial charge in [0.05, 0.1) is 25.2 Å². The van der Waals surface area contributed by atoms with E-state index in [2.05, 4.69) is 6.58 Å². The molecule has 0 saturated carbocycles. The van der Waals surface area contributed by atoms with E-state index in [9.17, 15) is 24.0 Å². The molecule has 0 N–H and O–H groups in total. The number of ether oxygens (including phenoxy) is 8. The first-order valence-electron chi connectivity index (χ1n) is 11.6. The van der Waals surface area contributed by atoms with Crippen LogP contribution in [-0.4, -0.2) is 80.1 Å². The largest absolute Gasteiger partial charge is 0.463 e. The van der Waals surface area contributed by atoms with Crippen LogP contribution in [0.3, 0.4) is 0 Å². The standard InChI is InChI=1S/C24H30O13/c1-6-16-17-7-19(29)37-23(16)31-8-15(17)9-32-24-22(35-14(5)28)21(34-13(4)27)20(33-12(3)26)18(36-24)10-30-11(2)25/h6,8,16-18,20-24H,1,7,9-10H2,2-5H3/t16-,17-,18-,20-,21+,22-,23-,24-/m1/s1. The predicted molar refractivity (Wildman–Crippen MR) is 119 cm³/mol. The van der Waals surface area contributed by atoms with Gasteiger partial charge < -0.3 is 37.9 Å². The number of esters is 5. The van der Waals surface area contributed by atoms with Crippen molar-refractivity contribution >= 4 is 29.8 Å². The molecule has 0 aromatic carbocycles. The fourth-order valence-corrected chi connectivity index (χ4v) is 4.42. The van der Waals surface area contributed by atoms with Gasteiger partial charge in [0.1, 0.15) is 12.7 Å². The van der Waals surface area contributed by atoms with Gasteiger partial charge in [-0.05, 0) is 5.57 Å². The maximum atomic E-state index is 12.0. The third-order valence-electron chi connectivity index (χ3n) is 5.88. The van der Waals surface area contributed by atoms with Gasteiger partial charge in [0.2, 0.25) is 6.29 Å². The number of rotatable bonds is 9. The second kappa shape index (κ2) is 12.2. The van der Waals surface area contributed by atoms with Crippen molar-refractivity contribution in [3.05, 3.63) is 24.5 Å². The Morgan fingerprint density at radius 2 is 1.59 bits per heavy atom. The molecule has 3 aliphatic rings. The van der Waals surface area contributed by atoms with E-state index in [0.29, 0.717) is 5.57 Å². The van der Waals surface area contributed by atoms with Crippen LogP contribution in [0.1, 0.15) is 34.1 Å². The Morgan fingerprint density at radius 1 is 0.973 bits per heavy atom. The third kappa shape index (κ3) is 7.07. The lowest BCUT2D eigenvalue weighted by molar-refractivity contribution is -0.307. The molecule has 0 unspecified atom stereocenters. The highest BCUT2D eigenvalue weighted by molar-refractivity contribution is 5.71. The molecule has 2 bridgehead atoms. The molecule has 37 heavy (non-hydrogen) atoms. The summed E-state index contributed by atoms with van der Waals surface area (Å²) in [5, 5.41) is 0. The smallest absolute Gasteiger partial charge is 0.309 e. The highest BCUT2D eigenvalue weighted by Crippen LogP contribution is 2.39. The van der Waals surface area contributed by atoms with E-state index in [4.69, 9.17) is 37.9 Å². The van der Waals surface area contributed by atoms with E-state index in [-0.39, 0.29) is 31.5 Å². The van der Waals surface area contributed by atoms with Crippen LogP contribution < -0.4 is 0 Å². The Bertz CT molecular complexity index is 956. The van der Waals surface area contributed by atoms with Crippen molar-refractivity contribution in [3.63, 3.8) is 0 Å². The molecule has 13 nitrogen and oxygen atoms in total. The zero-order chi connectivity index (χ0) is 27.3. The first-order chi connectivity index (χ1) is 17.5. The summed E-state index contributed by atoms with van der Waals surface area (Å²) in [5.74, 6) is -3.93. The summed E-state index contributed by atoms with van der Waals surface area (Å²) in [6.45, 7) is 7.83. The zero-order valence-electron chi connectivity index (χ0n) is 20.9. The summed E-state index contributed by atoms with van der Waals surface area (Å²) in [7, 11) is 0. The van der Waals surface area contributed by atoms with Gasteiger partial charge in [0, 0.05) is 33.6 Å². The van der Waals surface area contributed by atoms with Crippen molar-refractivity contribution in [1.29, 1.82) is 0 Å². The minimum Gasteiger partial charge on any atom is -0.463 e. The Balaban J connectivity index is 1.88. The molecule has 13 heteroatoms. The molecule has 2 fully saturated rings. The predicted octanol–water partition coefficient (Wildman–Crippen LogP) is 0.692. The molecule has 204 valence electrons. The molecule has 0 aliphatic carbocycles. The summed E-state index contributed by atoms with van der Waals surface area (Å²) >= 11 is 0. The molecule has 0 radical (unpaired) electrons. The second-order valence-corrected chi connectivity index (χ2v) is 8.69. The van der Waals surface area contributed by atoms with Crippen molar-refractivity contribution in [1.82, 2.24) is 0 Å². The van der Waals surface area contributed by atoms with Gasteiger partial charge in [0.25, 0.3) is 0 Å². The fraction of sp³-hybridized carbons (Fsp3) is 0.625. The third-order valence-corrected chi connectivity index (χ3v) is 5.88. The summed E-state index contributed by atoms with van der Waals surface area (Å²) < 4.78 is 43.7. The molecule has 8 atom stereocenters. The van der Waals surface area contributed by atoms with E-state index in [1.807, 2.05) is 0 Å². The van der Waals surface area contributed by atoms with Crippen LogP contribution in [0, 0.1) is 11.8 Å². The van der Waals surface area contributed by atoms with Gasteiger partial charge in [-0.2, -0.15) is 0 Å². The Labute approximate surface area is 212 Å². The Morgan fingerprint density at radius 3 is 2.19 bits per heavy atom. The van der Waals surface area contributed by atoms with Crippen LogP contribution in [-0.2, 0) is 61.9 Å². The normalized spacial score (nSPS) is 32.5. The van der Waals surface area contributed by atoms with Crippen LogP contribution >= 0.6 is 0 Å². The molecule has 3 rings (SSSR count). The van der Waals surface area contributed by atoms with Gasteiger partial charge in [-0.15, -0.1) is 6.58 Å². The van der Waals surface area contributed by atoms with Gasteiger partial charge in [-0.1, -0.05) is 6.08 Å². The summed E-state index contributed by atoms with van der Waals surface area (Å²) in [6.07, 6.45) is -4.16. The lowest BCUT2D eigenvalue weighted by atomic mass is 9.80. The number of fused-ring (bicyclic) bond motifs is 2. The zero-order valence-corrected chi connectivity index (χ0v) is 20.9. The lowest BCUT2D eigenvalue weighted by Gasteiger charge is -2.44. The van der Waals surface area contributed by atoms with Crippen molar-refractivity contribution < 1.29 is 61.9 Å². The van der Waals surface area contributed by atoms with Crippen molar-refractivity contribution in [2.75, 3.05) is 13.2 Å². The van der Waals surface area contributed by atoms with Crippen molar-refractivity contribution in [3.8, 4) is 0 Å². The van der Waals surface area contributed by atoms with Gasteiger partial charge in [-0.25, -0.2) is 0 Å². The average molecular weight is 526 g/mol. The fourth-order valence-electron chi connectivity index (χ4n) is 4.42. The average Bonchev–Trinajstić information content (AvgIpc) is 2.79. The van der Waals surface area contributed by atoms with Gasteiger partial charge in [0.15, 0.2) is 24.6 Å². The van der Waals surface area contributed by atoms with Crippen LogP contribution in [0.25, 0.3) is 0 Å². The van der Waals surface area contributed by atoms with Gasteiger partial charge in [-0.3, -0.25) is 24.0 Å². The number of hydrogen-bond acceptors (Lipinski definition) is 13. The monoisotopic (exact) mass is 526 g/mol. The molecule has 3 aliphatic heterocycles.